The molecule has 0 saturated carbocycles. The zero-order valence-electron chi connectivity index (χ0n) is 17.9. The van der Waals surface area contributed by atoms with Crippen molar-refractivity contribution in [2.75, 3.05) is 11.9 Å². The van der Waals surface area contributed by atoms with Crippen molar-refractivity contribution in [3.63, 3.8) is 0 Å². The second kappa shape index (κ2) is 7.39. The van der Waals surface area contributed by atoms with Gasteiger partial charge in [0.25, 0.3) is 0 Å². The second-order valence-corrected chi connectivity index (χ2v) is 7.49. The van der Waals surface area contributed by atoms with E-state index in [1.54, 1.807) is 0 Å². The van der Waals surface area contributed by atoms with Crippen molar-refractivity contribution in [3.8, 4) is 11.4 Å². The normalized spacial score (nSPS) is 11.4. The molecule has 156 valence electrons. The third-order valence-corrected chi connectivity index (χ3v) is 5.54. The van der Waals surface area contributed by atoms with Crippen LogP contribution in [0.5, 0.6) is 5.75 Å². The molecule has 5 aromatic rings. The maximum absolute atomic E-state index is 5.59. The average Bonchev–Trinajstić information content (AvgIpc) is 3.33. The Labute approximate surface area is 179 Å². The minimum Gasteiger partial charge on any atom is -0.494 e. The van der Waals surface area contributed by atoms with Crippen LogP contribution in [0.4, 0.5) is 11.5 Å². The third kappa shape index (κ3) is 3.16. The number of nitrogens with zero attached hydrogens (tertiary/aromatic N) is 5. The number of rotatable bonds is 5. The molecule has 0 aliphatic heterocycles. The van der Waals surface area contributed by atoms with E-state index in [0.717, 1.165) is 56.0 Å². The van der Waals surface area contributed by atoms with Crippen molar-refractivity contribution in [2.24, 2.45) is 0 Å². The molecule has 8 nitrogen and oxygen atoms in total. The number of aryl methyl sites for hydroxylation is 3. The molecule has 3 heterocycles. The fraction of sp³-hybridized carbons (Fsp3) is 0.217. The maximum Gasteiger partial charge on any atom is 0.162 e. The van der Waals surface area contributed by atoms with Crippen LogP contribution in [0.15, 0.2) is 42.5 Å². The molecule has 31 heavy (non-hydrogen) atoms. The highest BCUT2D eigenvalue weighted by Gasteiger charge is 2.19. The van der Waals surface area contributed by atoms with E-state index in [1.807, 2.05) is 44.2 Å². The molecule has 3 aromatic heterocycles. The van der Waals surface area contributed by atoms with Crippen molar-refractivity contribution in [3.05, 3.63) is 59.5 Å². The fourth-order valence-corrected chi connectivity index (χ4v) is 4.18. The van der Waals surface area contributed by atoms with Gasteiger partial charge >= 0.3 is 0 Å². The predicted molar refractivity (Wildman–Crippen MR) is 121 cm³/mol. The van der Waals surface area contributed by atoms with Gasteiger partial charge in [-0.1, -0.05) is 5.21 Å². The standard InChI is InChI=1S/C23H23N7O/c1-5-31-18-9-7-17(8-10-18)30-14(3)21-13(2)25-28-23(22(21)15(30)4)24-16-6-11-19-20(12-16)27-29-26-19/h6-12H,5H2,1-4H3,(H,24,28)(H,26,27,29). The van der Waals surface area contributed by atoms with Gasteiger partial charge in [0.1, 0.15) is 11.3 Å². The molecule has 0 bridgehead atoms. The van der Waals surface area contributed by atoms with Gasteiger partial charge in [0.15, 0.2) is 5.82 Å². The number of hydrogen-bond donors (Lipinski definition) is 2. The number of fused-ring (bicyclic) bond motifs is 2. The van der Waals surface area contributed by atoms with E-state index >= 15 is 0 Å². The minimum absolute atomic E-state index is 0.649. The molecular formula is C23H23N7O. The first-order valence-corrected chi connectivity index (χ1v) is 10.2. The van der Waals surface area contributed by atoms with E-state index < -0.39 is 0 Å². The smallest absolute Gasteiger partial charge is 0.162 e. The number of H-pyrrole nitrogens is 1. The molecule has 2 N–H and O–H groups in total. The Morgan fingerprint density at radius 1 is 0.935 bits per heavy atom. The summed E-state index contributed by atoms with van der Waals surface area (Å²) in [5.74, 6) is 1.58. The van der Waals surface area contributed by atoms with Crippen LogP contribution >= 0.6 is 0 Å². The van der Waals surface area contributed by atoms with Crippen molar-refractivity contribution in [1.29, 1.82) is 0 Å². The van der Waals surface area contributed by atoms with Gasteiger partial charge in [0, 0.05) is 33.5 Å². The van der Waals surface area contributed by atoms with Crippen molar-refractivity contribution in [2.45, 2.75) is 27.7 Å². The number of benzene rings is 2. The second-order valence-electron chi connectivity index (χ2n) is 7.49. The van der Waals surface area contributed by atoms with E-state index in [1.165, 1.54) is 0 Å². The van der Waals surface area contributed by atoms with Crippen LogP contribution in [0.3, 0.4) is 0 Å². The Hall–Kier alpha value is -3.94. The molecule has 0 aliphatic carbocycles. The van der Waals surface area contributed by atoms with Gasteiger partial charge in [-0.3, -0.25) is 5.10 Å². The maximum atomic E-state index is 5.59. The lowest BCUT2D eigenvalue weighted by atomic mass is 10.1. The third-order valence-electron chi connectivity index (χ3n) is 5.54. The van der Waals surface area contributed by atoms with Gasteiger partial charge in [-0.2, -0.15) is 5.10 Å². The van der Waals surface area contributed by atoms with E-state index in [2.05, 4.69) is 61.5 Å². The lowest BCUT2D eigenvalue weighted by molar-refractivity contribution is 0.340. The SMILES string of the molecule is CCOc1ccc(-n2c(C)c3c(C)nnc(Nc4ccc5[nH]nnc5c4)c3c2C)cc1. The molecule has 5 rings (SSSR count). The Bertz CT molecular complexity index is 1400. The van der Waals surface area contributed by atoms with Crippen molar-refractivity contribution in [1.82, 2.24) is 30.2 Å². The van der Waals surface area contributed by atoms with Crippen molar-refractivity contribution < 1.29 is 4.74 Å². The number of nitrogens with one attached hydrogen (secondary N) is 2. The van der Waals surface area contributed by atoms with E-state index in [0.29, 0.717) is 12.4 Å². The van der Waals surface area contributed by atoms with Crippen LogP contribution in [0, 0.1) is 20.8 Å². The summed E-state index contributed by atoms with van der Waals surface area (Å²) in [6, 6.07) is 14.0. The molecule has 0 atom stereocenters. The van der Waals surface area contributed by atoms with Crippen LogP contribution in [-0.2, 0) is 0 Å². The molecule has 0 fully saturated rings. The first-order chi connectivity index (χ1) is 15.1. The predicted octanol–water partition coefficient (Wildman–Crippen LogP) is 4.76. The molecule has 0 spiro atoms. The summed E-state index contributed by atoms with van der Waals surface area (Å²) in [7, 11) is 0. The summed E-state index contributed by atoms with van der Waals surface area (Å²) in [4.78, 5) is 0. The van der Waals surface area contributed by atoms with Crippen LogP contribution in [0.2, 0.25) is 0 Å². The summed E-state index contributed by atoms with van der Waals surface area (Å²) < 4.78 is 7.83. The van der Waals surface area contributed by atoms with Crippen LogP contribution in [0.25, 0.3) is 27.5 Å². The number of aromatic amines is 1. The summed E-state index contributed by atoms with van der Waals surface area (Å²) in [6.45, 7) is 8.86. The van der Waals surface area contributed by atoms with E-state index in [-0.39, 0.29) is 0 Å². The number of aromatic nitrogens is 6. The zero-order valence-corrected chi connectivity index (χ0v) is 17.9. The Morgan fingerprint density at radius 3 is 2.48 bits per heavy atom. The summed E-state index contributed by atoms with van der Waals surface area (Å²) >= 11 is 0. The number of hydrogen-bond acceptors (Lipinski definition) is 6. The van der Waals surface area contributed by atoms with Gasteiger partial charge in [0.05, 0.1) is 17.8 Å². The average molecular weight is 413 g/mol. The highest BCUT2D eigenvalue weighted by atomic mass is 16.5. The monoisotopic (exact) mass is 413 g/mol. The zero-order chi connectivity index (χ0) is 21.5. The highest BCUT2D eigenvalue weighted by Crippen LogP contribution is 2.35. The molecular weight excluding hydrogens is 390 g/mol. The number of ether oxygens (including phenoxy) is 1. The summed E-state index contributed by atoms with van der Waals surface area (Å²) in [5, 5.41) is 25.3. The van der Waals surface area contributed by atoms with Crippen LogP contribution < -0.4 is 10.1 Å². The Morgan fingerprint density at radius 2 is 1.71 bits per heavy atom. The molecule has 0 saturated heterocycles. The van der Waals surface area contributed by atoms with Gasteiger partial charge in [-0.25, -0.2) is 0 Å². The number of anilines is 2. The molecule has 0 amide bonds. The lowest BCUT2D eigenvalue weighted by Crippen LogP contribution is -2.00. The topological polar surface area (TPSA) is 93.5 Å². The van der Waals surface area contributed by atoms with Crippen molar-refractivity contribution >= 4 is 33.3 Å². The quantitative estimate of drug-likeness (QED) is 0.431. The Kier molecular flexibility index (Phi) is 4.54. The van der Waals surface area contributed by atoms with Gasteiger partial charge in [0.2, 0.25) is 0 Å². The van der Waals surface area contributed by atoms with Gasteiger partial charge in [-0.05, 0) is 70.2 Å². The van der Waals surface area contributed by atoms with Crippen LogP contribution in [0.1, 0.15) is 24.0 Å². The van der Waals surface area contributed by atoms with Gasteiger partial charge < -0.3 is 14.6 Å². The van der Waals surface area contributed by atoms with E-state index in [9.17, 15) is 0 Å². The highest BCUT2D eigenvalue weighted by molar-refractivity contribution is 5.99. The first kappa shape index (κ1) is 19.0. The minimum atomic E-state index is 0.649. The molecule has 8 heteroatoms. The first-order valence-electron chi connectivity index (χ1n) is 10.2. The molecule has 0 aliphatic rings. The Balaban J connectivity index is 1.63. The van der Waals surface area contributed by atoms with Gasteiger partial charge in [-0.15, -0.1) is 10.2 Å². The summed E-state index contributed by atoms with van der Waals surface area (Å²) in [5.41, 5.74) is 6.76. The largest absolute Gasteiger partial charge is 0.494 e. The van der Waals surface area contributed by atoms with E-state index in [4.69, 9.17) is 4.74 Å². The fourth-order valence-electron chi connectivity index (χ4n) is 4.18. The van der Waals surface area contributed by atoms with Crippen LogP contribution in [-0.4, -0.2) is 36.8 Å². The molecule has 2 aromatic carbocycles. The lowest BCUT2D eigenvalue weighted by Gasteiger charge is -2.11. The summed E-state index contributed by atoms with van der Waals surface area (Å²) in [6.07, 6.45) is 0. The molecule has 0 radical (unpaired) electrons. The molecule has 0 unspecified atom stereocenters.